The molecule has 2 unspecified atom stereocenters. The van der Waals surface area contributed by atoms with E-state index < -0.39 is 103 Å². The van der Waals surface area contributed by atoms with Gasteiger partial charge in [-0.2, -0.15) is 0 Å². The fourth-order valence-electron chi connectivity index (χ4n) is 8.12. The second-order valence-electron chi connectivity index (χ2n) is 17.4. The summed E-state index contributed by atoms with van der Waals surface area (Å²) >= 11 is 0. The average molecular weight is 711 g/mol. The summed E-state index contributed by atoms with van der Waals surface area (Å²) in [4.78, 5) is 69.3. The Hall–Kier alpha value is -3.95. The standard InChI is InChI=1S/C41H58O10/c1-14-15-16-17-22(42)26-29(43)24(21(18-19(2)3)25-32(46)38(6,7)36(50)39(8,9)33(25)47)30(44)27(31(26)45)23(20(4)5)28-34(48)40(10,11)37(51)41(12,13)35(28)49/h19-21,23,43-46,48H,14-18H2,1-13H3. The number of aliphatic hydroxyl groups is 2. The Kier molecular flexibility index (Phi) is 11.3. The SMILES string of the molecule is CCCCCC(=O)c1c(O)c(C(CC(C)C)C2=C(O)C(C)(C)C(=O)C(C)(C)C2=O)c(O)c(C(C2=C(O)C(C)(C)C(=O)C(C)(C)C2=O)C(C)C)c1O. The van der Waals surface area contributed by atoms with Gasteiger partial charge < -0.3 is 25.5 Å². The van der Waals surface area contributed by atoms with Crippen LogP contribution in [0.5, 0.6) is 17.2 Å². The molecule has 2 atom stereocenters. The zero-order valence-corrected chi connectivity index (χ0v) is 32.6. The smallest absolute Gasteiger partial charge is 0.175 e. The van der Waals surface area contributed by atoms with Crippen molar-refractivity contribution in [1.29, 1.82) is 0 Å². The number of Topliss-reactive ketones (excluding diaryl/α,β-unsaturated/α-hetero) is 5. The minimum atomic E-state index is -1.60. The molecule has 3 rings (SSSR count). The van der Waals surface area contributed by atoms with E-state index in [1.807, 2.05) is 20.8 Å². The van der Waals surface area contributed by atoms with Gasteiger partial charge in [-0.25, -0.2) is 0 Å². The first kappa shape index (κ1) is 41.5. The van der Waals surface area contributed by atoms with Crippen LogP contribution in [0.25, 0.3) is 0 Å². The summed E-state index contributed by atoms with van der Waals surface area (Å²) in [5.74, 6) is -9.98. The van der Waals surface area contributed by atoms with E-state index in [1.165, 1.54) is 55.4 Å². The van der Waals surface area contributed by atoms with Crippen molar-refractivity contribution in [3.8, 4) is 17.2 Å². The maximum absolute atomic E-state index is 14.2. The Morgan fingerprint density at radius 2 is 1.04 bits per heavy atom. The van der Waals surface area contributed by atoms with Gasteiger partial charge in [-0.1, -0.05) is 47.5 Å². The quantitative estimate of drug-likeness (QED) is 0.0800. The summed E-state index contributed by atoms with van der Waals surface area (Å²) in [6.07, 6.45) is 1.85. The summed E-state index contributed by atoms with van der Waals surface area (Å²) < 4.78 is 0. The van der Waals surface area contributed by atoms with Gasteiger partial charge >= 0.3 is 0 Å². The molecule has 0 heterocycles. The molecule has 0 radical (unpaired) electrons. The van der Waals surface area contributed by atoms with Crippen LogP contribution in [-0.2, 0) is 19.2 Å². The summed E-state index contributed by atoms with van der Waals surface area (Å²) in [6, 6.07) is 0. The molecule has 10 heteroatoms. The van der Waals surface area contributed by atoms with Crippen molar-refractivity contribution in [2.45, 2.75) is 134 Å². The normalized spacial score (nSPS) is 21.2. The van der Waals surface area contributed by atoms with Gasteiger partial charge in [0.05, 0.1) is 21.7 Å². The maximum Gasteiger partial charge on any atom is 0.175 e. The Labute approximate surface area is 302 Å². The molecular weight excluding hydrogens is 652 g/mol. The number of phenolic OH excluding ortho intramolecular Hbond substituents is 3. The number of unbranched alkanes of at least 4 members (excludes halogenated alkanes) is 2. The molecule has 0 spiro atoms. The number of carbonyl (C=O) groups excluding carboxylic acids is 5. The lowest BCUT2D eigenvalue weighted by atomic mass is 9.59. The highest BCUT2D eigenvalue weighted by atomic mass is 16.3. The van der Waals surface area contributed by atoms with Crippen molar-refractivity contribution in [2.75, 3.05) is 0 Å². The summed E-state index contributed by atoms with van der Waals surface area (Å²) in [7, 11) is 0. The number of aromatic hydroxyl groups is 3. The Morgan fingerprint density at radius 1 is 0.608 bits per heavy atom. The lowest BCUT2D eigenvalue weighted by Crippen LogP contribution is -2.50. The van der Waals surface area contributed by atoms with Crippen LogP contribution in [0.3, 0.4) is 0 Å². The van der Waals surface area contributed by atoms with Crippen molar-refractivity contribution in [3.63, 3.8) is 0 Å². The van der Waals surface area contributed by atoms with Crippen LogP contribution in [0.1, 0.15) is 155 Å². The topological polar surface area (TPSA) is 186 Å². The third-order valence-electron chi connectivity index (χ3n) is 11.1. The highest BCUT2D eigenvalue weighted by Gasteiger charge is 2.57. The minimum Gasteiger partial charge on any atom is -0.511 e. The predicted octanol–water partition coefficient (Wildman–Crippen LogP) is 8.47. The molecule has 1 aromatic rings. The van der Waals surface area contributed by atoms with Crippen molar-refractivity contribution < 1.29 is 49.5 Å². The van der Waals surface area contributed by atoms with Gasteiger partial charge in [-0.15, -0.1) is 0 Å². The number of allylic oxidation sites excluding steroid dienone is 4. The first-order chi connectivity index (χ1) is 23.2. The number of carbonyl (C=O) groups is 5. The molecule has 0 saturated carbocycles. The molecule has 10 nitrogen and oxygen atoms in total. The van der Waals surface area contributed by atoms with Crippen LogP contribution in [0, 0.1) is 33.5 Å². The summed E-state index contributed by atoms with van der Waals surface area (Å²) in [5, 5.41) is 59.8. The number of rotatable bonds is 12. The zero-order chi connectivity index (χ0) is 39.5. The highest BCUT2D eigenvalue weighted by molar-refractivity contribution is 6.20. The number of aliphatic hydroxyl groups excluding tert-OH is 2. The van der Waals surface area contributed by atoms with Gasteiger partial charge in [0.2, 0.25) is 0 Å². The van der Waals surface area contributed by atoms with E-state index in [4.69, 9.17) is 0 Å². The van der Waals surface area contributed by atoms with Crippen LogP contribution < -0.4 is 0 Å². The molecule has 5 N–H and O–H groups in total. The monoisotopic (exact) mass is 710 g/mol. The molecule has 0 aromatic heterocycles. The van der Waals surface area contributed by atoms with Gasteiger partial charge in [0.25, 0.3) is 0 Å². The molecule has 0 saturated heterocycles. The average Bonchev–Trinajstić information content (AvgIpc) is 3.01. The second-order valence-corrected chi connectivity index (χ2v) is 17.4. The second kappa shape index (κ2) is 13.9. The third-order valence-corrected chi connectivity index (χ3v) is 11.1. The van der Waals surface area contributed by atoms with Crippen LogP contribution in [0.4, 0.5) is 0 Å². The van der Waals surface area contributed by atoms with Crippen molar-refractivity contribution in [3.05, 3.63) is 39.4 Å². The van der Waals surface area contributed by atoms with E-state index >= 15 is 0 Å². The molecular formula is C41H58O10. The lowest BCUT2D eigenvalue weighted by Gasteiger charge is -2.42. The van der Waals surface area contributed by atoms with E-state index in [-0.39, 0.29) is 41.0 Å². The number of hydrogen-bond acceptors (Lipinski definition) is 10. The number of benzene rings is 1. The highest BCUT2D eigenvalue weighted by Crippen LogP contribution is 2.58. The Bertz CT molecular complexity index is 1730. The molecule has 0 aliphatic heterocycles. The van der Waals surface area contributed by atoms with Gasteiger partial charge in [0.1, 0.15) is 34.3 Å². The molecule has 2 aliphatic carbocycles. The van der Waals surface area contributed by atoms with E-state index in [1.54, 1.807) is 13.8 Å². The van der Waals surface area contributed by atoms with Crippen LogP contribution in [0.15, 0.2) is 22.7 Å². The largest absolute Gasteiger partial charge is 0.511 e. The maximum atomic E-state index is 14.2. The molecule has 0 fully saturated rings. The number of phenols is 3. The Morgan fingerprint density at radius 3 is 1.47 bits per heavy atom. The van der Waals surface area contributed by atoms with Crippen molar-refractivity contribution >= 4 is 28.9 Å². The molecule has 282 valence electrons. The molecule has 0 amide bonds. The fraction of sp³-hybridized carbons (Fsp3) is 0.634. The molecule has 2 aliphatic rings. The molecule has 0 bridgehead atoms. The first-order valence-corrected chi connectivity index (χ1v) is 18.1. The van der Waals surface area contributed by atoms with E-state index in [0.29, 0.717) is 12.8 Å². The third kappa shape index (κ3) is 6.52. The molecule has 1 aromatic carbocycles. The predicted molar refractivity (Wildman–Crippen MR) is 194 cm³/mol. The fourth-order valence-corrected chi connectivity index (χ4v) is 8.12. The first-order valence-electron chi connectivity index (χ1n) is 18.1. The number of ketones is 5. The number of hydrogen-bond donors (Lipinski definition) is 5. The van der Waals surface area contributed by atoms with Gasteiger partial charge in [-0.05, 0) is 80.1 Å². The van der Waals surface area contributed by atoms with Crippen LogP contribution >= 0.6 is 0 Å². The van der Waals surface area contributed by atoms with Crippen LogP contribution in [0.2, 0.25) is 0 Å². The summed E-state index contributed by atoms with van der Waals surface area (Å²) in [5.41, 5.74) is -7.88. The van der Waals surface area contributed by atoms with E-state index in [0.717, 1.165) is 6.42 Å². The lowest BCUT2D eigenvalue weighted by molar-refractivity contribution is -0.146. The van der Waals surface area contributed by atoms with E-state index in [9.17, 15) is 49.5 Å². The minimum absolute atomic E-state index is 0.0497. The van der Waals surface area contributed by atoms with E-state index in [2.05, 4.69) is 0 Å². The van der Waals surface area contributed by atoms with Crippen molar-refractivity contribution in [2.24, 2.45) is 33.5 Å². The van der Waals surface area contributed by atoms with Gasteiger partial charge in [0.15, 0.2) is 28.9 Å². The van der Waals surface area contributed by atoms with Crippen molar-refractivity contribution in [1.82, 2.24) is 0 Å². The zero-order valence-electron chi connectivity index (χ0n) is 32.6. The molecule has 51 heavy (non-hydrogen) atoms. The van der Waals surface area contributed by atoms with Gasteiger partial charge in [-0.3, -0.25) is 24.0 Å². The summed E-state index contributed by atoms with van der Waals surface area (Å²) in [6.45, 7) is 20.7. The van der Waals surface area contributed by atoms with Gasteiger partial charge in [0, 0.05) is 40.5 Å². The Balaban J connectivity index is 2.65. The van der Waals surface area contributed by atoms with Crippen LogP contribution in [-0.4, -0.2) is 54.4 Å².